The number of benzene rings is 2. The lowest BCUT2D eigenvalue weighted by Crippen LogP contribution is -2.38. The van der Waals surface area contributed by atoms with Crippen LogP contribution in [0.2, 0.25) is 0 Å². The summed E-state index contributed by atoms with van der Waals surface area (Å²) in [5, 5.41) is 3.05. The highest BCUT2D eigenvalue weighted by Crippen LogP contribution is 2.32. The predicted molar refractivity (Wildman–Crippen MR) is 97.3 cm³/mol. The monoisotopic (exact) mass is 358 g/mol. The lowest BCUT2D eigenvalue weighted by Gasteiger charge is -2.24. The number of halogens is 2. The van der Waals surface area contributed by atoms with Crippen LogP contribution in [0, 0.1) is 23.5 Å². The standard InChI is InChI=1S/C21H24F2N2O/c22-17-7-1-4-14(10-17)11-20(15-5-2-8-18(23)12-15)25-21(26)19-9-3-6-16(19)13-24/h1-2,4-5,7-8,10,12,16,19-20H,3,6,9,11,13,24H2,(H,25,26)/t16-,19-,20?/m1/s1. The minimum Gasteiger partial charge on any atom is -0.349 e. The maximum Gasteiger partial charge on any atom is 0.223 e. The lowest BCUT2D eigenvalue weighted by atomic mass is 9.93. The number of carbonyl (C=O) groups is 1. The largest absolute Gasteiger partial charge is 0.349 e. The van der Waals surface area contributed by atoms with E-state index in [-0.39, 0.29) is 29.4 Å². The summed E-state index contributed by atoms with van der Waals surface area (Å²) in [6.45, 7) is 0.493. The second-order valence-electron chi connectivity index (χ2n) is 6.98. The highest BCUT2D eigenvalue weighted by molar-refractivity contribution is 5.79. The van der Waals surface area contributed by atoms with Crippen molar-refractivity contribution in [1.29, 1.82) is 0 Å². The third-order valence-electron chi connectivity index (χ3n) is 5.19. The molecule has 1 saturated carbocycles. The summed E-state index contributed by atoms with van der Waals surface area (Å²) in [4.78, 5) is 12.8. The molecule has 1 unspecified atom stereocenters. The summed E-state index contributed by atoms with van der Waals surface area (Å²) in [7, 11) is 0. The van der Waals surface area contributed by atoms with Gasteiger partial charge in [-0.2, -0.15) is 0 Å². The van der Waals surface area contributed by atoms with Gasteiger partial charge in [-0.1, -0.05) is 30.7 Å². The molecule has 0 bridgehead atoms. The topological polar surface area (TPSA) is 55.1 Å². The van der Waals surface area contributed by atoms with Gasteiger partial charge in [0.25, 0.3) is 0 Å². The van der Waals surface area contributed by atoms with Crippen LogP contribution in [0.4, 0.5) is 8.78 Å². The highest BCUT2D eigenvalue weighted by Gasteiger charge is 2.33. The van der Waals surface area contributed by atoms with Crippen LogP contribution in [0.1, 0.15) is 36.4 Å². The third kappa shape index (κ3) is 4.47. The molecule has 0 radical (unpaired) electrons. The van der Waals surface area contributed by atoms with Crippen molar-refractivity contribution >= 4 is 5.91 Å². The van der Waals surface area contributed by atoms with Crippen molar-refractivity contribution in [2.24, 2.45) is 17.6 Å². The molecule has 5 heteroatoms. The molecule has 0 aromatic heterocycles. The summed E-state index contributed by atoms with van der Waals surface area (Å²) in [6, 6.07) is 12.0. The maximum absolute atomic E-state index is 13.7. The molecule has 26 heavy (non-hydrogen) atoms. The fraction of sp³-hybridized carbons (Fsp3) is 0.381. The van der Waals surface area contributed by atoms with Gasteiger partial charge in [0.05, 0.1) is 6.04 Å². The van der Waals surface area contributed by atoms with Crippen LogP contribution in [0.3, 0.4) is 0 Å². The van der Waals surface area contributed by atoms with E-state index >= 15 is 0 Å². The second-order valence-corrected chi connectivity index (χ2v) is 6.98. The summed E-state index contributed by atoms with van der Waals surface area (Å²) >= 11 is 0. The average Bonchev–Trinajstić information content (AvgIpc) is 3.10. The third-order valence-corrected chi connectivity index (χ3v) is 5.19. The van der Waals surface area contributed by atoms with E-state index in [9.17, 15) is 13.6 Å². The van der Waals surface area contributed by atoms with E-state index in [1.54, 1.807) is 24.3 Å². The Balaban J connectivity index is 1.82. The molecule has 1 fully saturated rings. The van der Waals surface area contributed by atoms with E-state index in [2.05, 4.69) is 5.32 Å². The molecule has 1 aliphatic rings. The van der Waals surface area contributed by atoms with Crippen LogP contribution in [-0.2, 0) is 11.2 Å². The fourth-order valence-electron chi connectivity index (χ4n) is 3.82. The number of rotatable bonds is 6. The predicted octanol–water partition coefficient (Wildman–Crippen LogP) is 3.74. The Morgan fingerprint density at radius 3 is 2.54 bits per heavy atom. The molecule has 3 atom stereocenters. The Morgan fingerprint density at radius 1 is 1.12 bits per heavy atom. The summed E-state index contributed by atoms with van der Waals surface area (Å²) in [6.07, 6.45) is 3.17. The number of hydrogen-bond donors (Lipinski definition) is 2. The van der Waals surface area contributed by atoms with E-state index in [1.807, 2.05) is 0 Å². The van der Waals surface area contributed by atoms with Gasteiger partial charge in [-0.3, -0.25) is 4.79 Å². The number of nitrogens with one attached hydrogen (secondary N) is 1. The normalized spacial score (nSPS) is 20.7. The molecule has 3 nitrogen and oxygen atoms in total. The van der Waals surface area contributed by atoms with Crippen LogP contribution in [-0.4, -0.2) is 12.5 Å². The highest BCUT2D eigenvalue weighted by atomic mass is 19.1. The summed E-state index contributed by atoms with van der Waals surface area (Å²) < 4.78 is 27.2. The second kappa shape index (κ2) is 8.41. The van der Waals surface area contributed by atoms with E-state index < -0.39 is 6.04 Å². The molecule has 3 rings (SSSR count). The Kier molecular flexibility index (Phi) is 5.99. The molecule has 2 aromatic rings. The van der Waals surface area contributed by atoms with Crippen LogP contribution in [0.25, 0.3) is 0 Å². The van der Waals surface area contributed by atoms with Crippen LogP contribution in [0.5, 0.6) is 0 Å². The van der Waals surface area contributed by atoms with E-state index in [4.69, 9.17) is 5.73 Å². The van der Waals surface area contributed by atoms with Crippen LogP contribution < -0.4 is 11.1 Å². The number of nitrogens with two attached hydrogens (primary N) is 1. The van der Waals surface area contributed by atoms with Crippen molar-refractivity contribution in [3.63, 3.8) is 0 Å². The molecular formula is C21H24F2N2O. The average molecular weight is 358 g/mol. The van der Waals surface area contributed by atoms with Gasteiger partial charge in [-0.15, -0.1) is 0 Å². The van der Waals surface area contributed by atoms with E-state index in [0.717, 1.165) is 24.8 Å². The smallest absolute Gasteiger partial charge is 0.223 e. The minimum atomic E-state index is -0.418. The molecule has 138 valence electrons. The van der Waals surface area contributed by atoms with Crippen molar-refractivity contribution in [2.75, 3.05) is 6.54 Å². The van der Waals surface area contributed by atoms with Gasteiger partial charge in [0.1, 0.15) is 11.6 Å². The van der Waals surface area contributed by atoms with Crippen molar-refractivity contribution in [3.05, 3.63) is 71.3 Å². The Bertz CT molecular complexity index is 765. The van der Waals surface area contributed by atoms with E-state index in [0.29, 0.717) is 18.5 Å². The molecule has 3 N–H and O–H groups in total. The number of amides is 1. The molecule has 1 amide bonds. The Morgan fingerprint density at radius 2 is 1.85 bits per heavy atom. The zero-order chi connectivity index (χ0) is 18.5. The van der Waals surface area contributed by atoms with E-state index in [1.165, 1.54) is 24.3 Å². The van der Waals surface area contributed by atoms with Gasteiger partial charge in [0, 0.05) is 5.92 Å². The zero-order valence-electron chi connectivity index (χ0n) is 14.6. The van der Waals surface area contributed by atoms with Gasteiger partial charge in [-0.05, 0) is 67.1 Å². The lowest BCUT2D eigenvalue weighted by molar-refractivity contribution is -0.126. The molecule has 2 aromatic carbocycles. The molecule has 0 saturated heterocycles. The van der Waals surface area contributed by atoms with Crippen LogP contribution in [0.15, 0.2) is 48.5 Å². The summed E-state index contributed by atoms with van der Waals surface area (Å²) in [5.74, 6) is -0.656. The van der Waals surface area contributed by atoms with Crippen molar-refractivity contribution in [3.8, 4) is 0 Å². The quantitative estimate of drug-likeness (QED) is 0.826. The minimum absolute atomic E-state index is 0.0522. The van der Waals surface area contributed by atoms with Crippen molar-refractivity contribution < 1.29 is 13.6 Å². The van der Waals surface area contributed by atoms with Gasteiger partial charge < -0.3 is 11.1 Å². The fourth-order valence-corrected chi connectivity index (χ4v) is 3.82. The summed E-state index contributed by atoms with van der Waals surface area (Å²) in [5.41, 5.74) is 7.22. The van der Waals surface area contributed by atoms with Crippen molar-refractivity contribution in [1.82, 2.24) is 5.32 Å². The van der Waals surface area contributed by atoms with Gasteiger partial charge in [0.15, 0.2) is 0 Å². The number of carbonyl (C=O) groups excluding carboxylic acids is 1. The molecule has 1 aliphatic carbocycles. The van der Waals surface area contributed by atoms with Crippen molar-refractivity contribution in [2.45, 2.75) is 31.7 Å². The first-order valence-corrected chi connectivity index (χ1v) is 9.07. The first kappa shape index (κ1) is 18.5. The zero-order valence-corrected chi connectivity index (χ0v) is 14.6. The van der Waals surface area contributed by atoms with Gasteiger partial charge in [-0.25, -0.2) is 8.78 Å². The molecule has 0 spiro atoms. The first-order valence-electron chi connectivity index (χ1n) is 9.07. The molecular weight excluding hydrogens is 334 g/mol. The molecule has 0 aliphatic heterocycles. The molecule has 0 heterocycles. The Labute approximate surface area is 152 Å². The Hall–Kier alpha value is -2.27. The number of hydrogen-bond acceptors (Lipinski definition) is 2. The van der Waals surface area contributed by atoms with Gasteiger partial charge >= 0.3 is 0 Å². The van der Waals surface area contributed by atoms with Crippen LogP contribution >= 0.6 is 0 Å². The SMILES string of the molecule is NC[C@H]1CCC[C@H]1C(=O)NC(Cc1cccc(F)c1)c1cccc(F)c1. The maximum atomic E-state index is 13.7. The first-order chi connectivity index (χ1) is 12.6. The van der Waals surface area contributed by atoms with Gasteiger partial charge in [0.2, 0.25) is 5.91 Å².